The van der Waals surface area contributed by atoms with Crippen molar-refractivity contribution >= 4 is 27.4 Å². The standard InChI is InChI=1S/C22H28N4OS/c1-4-27-17-11-8-12-26(13-17)21-20-18(16-9-6-5-7-10-16)15-28-22(20)24-19(23-21)14-25(2)3/h5-7,9-10,15,17H,4,8,11-14H2,1-3H3. The molecule has 0 amide bonds. The molecule has 0 radical (unpaired) electrons. The molecular weight excluding hydrogens is 368 g/mol. The lowest BCUT2D eigenvalue weighted by atomic mass is 10.0. The van der Waals surface area contributed by atoms with Gasteiger partial charge < -0.3 is 14.5 Å². The zero-order valence-corrected chi connectivity index (χ0v) is 17.7. The van der Waals surface area contributed by atoms with E-state index in [9.17, 15) is 0 Å². The molecule has 1 aliphatic heterocycles. The van der Waals surface area contributed by atoms with Crippen molar-refractivity contribution in [3.05, 3.63) is 41.5 Å². The summed E-state index contributed by atoms with van der Waals surface area (Å²) in [6.45, 7) is 5.48. The SMILES string of the molecule is CCOC1CCCN(c2nc(CN(C)C)nc3scc(-c4ccccc4)c23)C1. The van der Waals surface area contributed by atoms with Gasteiger partial charge >= 0.3 is 0 Å². The van der Waals surface area contributed by atoms with Gasteiger partial charge in [0.25, 0.3) is 0 Å². The monoisotopic (exact) mass is 396 g/mol. The van der Waals surface area contributed by atoms with E-state index >= 15 is 0 Å². The maximum Gasteiger partial charge on any atom is 0.146 e. The number of ether oxygens (including phenoxy) is 1. The smallest absolute Gasteiger partial charge is 0.146 e. The van der Waals surface area contributed by atoms with Crippen LogP contribution in [0.2, 0.25) is 0 Å². The first-order valence-corrected chi connectivity index (χ1v) is 10.9. The average Bonchev–Trinajstić information content (AvgIpc) is 3.12. The third kappa shape index (κ3) is 4.04. The first-order valence-electron chi connectivity index (χ1n) is 10.0. The number of aromatic nitrogens is 2. The van der Waals surface area contributed by atoms with E-state index in [-0.39, 0.29) is 6.10 Å². The molecule has 6 heteroatoms. The first-order chi connectivity index (χ1) is 13.7. The Morgan fingerprint density at radius 2 is 2.04 bits per heavy atom. The number of anilines is 1. The summed E-state index contributed by atoms with van der Waals surface area (Å²) in [6.07, 6.45) is 2.53. The van der Waals surface area contributed by atoms with Crippen molar-refractivity contribution in [2.45, 2.75) is 32.4 Å². The fraction of sp³-hybridized carbons (Fsp3) is 0.455. The van der Waals surface area contributed by atoms with Gasteiger partial charge in [-0.2, -0.15) is 0 Å². The Balaban J connectivity index is 1.82. The van der Waals surface area contributed by atoms with Crippen molar-refractivity contribution in [2.75, 3.05) is 38.7 Å². The van der Waals surface area contributed by atoms with Crippen LogP contribution >= 0.6 is 11.3 Å². The lowest BCUT2D eigenvalue weighted by Crippen LogP contribution is -2.40. The maximum atomic E-state index is 5.95. The van der Waals surface area contributed by atoms with Crippen molar-refractivity contribution in [2.24, 2.45) is 0 Å². The zero-order chi connectivity index (χ0) is 19.5. The number of piperidine rings is 1. The summed E-state index contributed by atoms with van der Waals surface area (Å²) in [5, 5.41) is 3.40. The number of benzene rings is 1. The van der Waals surface area contributed by atoms with E-state index in [4.69, 9.17) is 14.7 Å². The molecule has 1 fully saturated rings. The number of hydrogen-bond acceptors (Lipinski definition) is 6. The number of nitrogens with zero attached hydrogens (tertiary/aromatic N) is 4. The van der Waals surface area contributed by atoms with Crippen LogP contribution in [0.1, 0.15) is 25.6 Å². The van der Waals surface area contributed by atoms with E-state index in [0.717, 1.165) is 55.6 Å². The lowest BCUT2D eigenvalue weighted by molar-refractivity contribution is 0.0525. The highest BCUT2D eigenvalue weighted by atomic mass is 32.1. The Bertz CT molecular complexity index is 923. The van der Waals surface area contributed by atoms with Gasteiger partial charge in [0.1, 0.15) is 16.5 Å². The van der Waals surface area contributed by atoms with Crippen LogP contribution in [0.3, 0.4) is 0 Å². The molecule has 0 spiro atoms. The van der Waals surface area contributed by atoms with Gasteiger partial charge in [0.15, 0.2) is 0 Å². The van der Waals surface area contributed by atoms with Gasteiger partial charge in [-0.3, -0.25) is 0 Å². The number of hydrogen-bond donors (Lipinski definition) is 0. The Morgan fingerprint density at radius 1 is 1.21 bits per heavy atom. The van der Waals surface area contributed by atoms with Crippen LogP contribution in [0.4, 0.5) is 5.82 Å². The van der Waals surface area contributed by atoms with Gasteiger partial charge in [0.05, 0.1) is 18.0 Å². The lowest BCUT2D eigenvalue weighted by Gasteiger charge is -2.34. The number of rotatable bonds is 6. The Hall–Kier alpha value is -2.02. The van der Waals surface area contributed by atoms with Crippen LogP contribution in [0.25, 0.3) is 21.3 Å². The third-order valence-electron chi connectivity index (χ3n) is 5.08. The molecule has 0 aliphatic carbocycles. The van der Waals surface area contributed by atoms with Crippen molar-refractivity contribution < 1.29 is 4.74 Å². The first kappa shape index (κ1) is 19.3. The molecule has 2 aromatic heterocycles. The van der Waals surface area contributed by atoms with Gasteiger partial charge in [-0.05, 0) is 39.4 Å². The fourth-order valence-corrected chi connectivity index (χ4v) is 4.84. The fourth-order valence-electron chi connectivity index (χ4n) is 3.88. The molecule has 1 saturated heterocycles. The van der Waals surface area contributed by atoms with Crippen molar-refractivity contribution in [1.29, 1.82) is 0 Å². The zero-order valence-electron chi connectivity index (χ0n) is 16.9. The Morgan fingerprint density at radius 3 is 2.79 bits per heavy atom. The van der Waals surface area contributed by atoms with E-state index in [0.29, 0.717) is 0 Å². The van der Waals surface area contributed by atoms with Crippen LogP contribution in [0, 0.1) is 0 Å². The molecule has 0 bridgehead atoms. The highest BCUT2D eigenvalue weighted by molar-refractivity contribution is 7.17. The normalized spacial score (nSPS) is 17.6. The summed E-state index contributed by atoms with van der Waals surface area (Å²) in [4.78, 5) is 15.5. The van der Waals surface area contributed by atoms with Crippen LogP contribution in [0.15, 0.2) is 35.7 Å². The molecular formula is C22H28N4OS. The molecule has 1 aromatic carbocycles. The second kappa shape index (κ2) is 8.55. The van der Waals surface area contributed by atoms with Gasteiger partial charge in [-0.1, -0.05) is 30.3 Å². The molecule has 5 nitrogen and oxygen atoms in total. The molecule has 148 valence electrons. The predicted molar refractivity (Wildman–Crippen MR) is 117 cm³/mol. The van der Waals surface area contributed by atoms with Crippen LogP contribution in [-0.2, 0) is 11.3 Å². The molecule has 0 N–H and O–H groups in total. The number of thiophene rings is 1. The summed E-state index contributed by atoms with van der Waals surface area (Å²) >= 11 is 1.71. The second-order valence-corrected chi connectivity index (χ2v) is 8.42. The minimum Gasteiger partial charge on any atom is -0.377 e. The number of fused-ring (bicyclic) bond motifs is 1. The quantitative estimate of drug-likeness (QED) is 0.617. The maximum absolute atomic E-state index is 5.95. The summed E-state index contributed by atoms with van der Waals surface area (Å²) in [5.41, 5.74) is 2.45. The molecule has 3 aromatic rings. The molecule has 28 heavy (non-hydrogen) atoms. The summed E-state index contributed by atoms with van der Waals surface area (Å²) in [5.74, 6) is 1.94. The molecule has 1 atom stereocenters. The van der Waals surface area contributed by atoms with Crippen LogP contribution < -0.4 is 4.90 Å². The topological polar surface area (TPSA) is 41.5 Å². The third-order valence-corrected chi connectivity index (χ3v) is 5.96. The molecule has 1 unspecified atom stereocenters. The van der Waals surface area contributed by atoms with Crippen LogP contribution in [-0.4, -0.2) is 54.8 Å². The summed E-state index contributed by atoms with van der Waals surface area (Å²) in [7, 11) is 4.12. The van der Waals surface area contributed by atoms with E-state index < -0.39 is 0 Å². The molecule has 0 saturated carbocycles. The van der Waals surface area contributed by atoms with Gasteiger partial charge in [0, 0.05) is 30.6 Å². The summed E-state index contributed by atoms with van der Waals surface area (Å²) in [6, 6.07) is 10.6. The minimum atomic E-state index is 0.278. The van der Waals surface area contributed by atoms with Gasteiger partial charge in [-0.25, -0.2) is 9.97 Å². The van der Waals surface area contributed by atoms with Gasteiger partial charge in [-0.15, -0.1) is 11.3 Å². The second-order valence-electron chi connectivity index (χ2n) is 7.56. The average molecular weight is 397 g/mol. The Labute approximate surface area is 171 Å². The highest BCUT2D eigenvalue weighted by Crippen LogP contribution is 2.39. The van der Waals surface area contributed by atoms with Gasteiger partial charge in [0.2, 0.25) is 0 Å². The van der Waals surface area contributed by atoms with Crippen molar-refractivity contribution in [3.8, 4) is 11.1 Å². The predicted octanol–water partition coefficient (Wildman–Crippen LogP) is 4.43. The van der Waals surface area contributed by atoms with Crippen molar-refractivity contribution in [1.82, 2.24) is 14.9 Å². The molecule has 1 aliphatic rings. The van der Waals surface area contributed by atoms with E-state index in [1.807, 2.05) is 0 Å². The summed E-state index contributed by atoms with van der Waals surface area (Å²) < 4.78 is 5.95. The van der Waals surface area contributed by atoms with E-state index in [1.165, 1.54) is 16.5 Å². The van der Waals surface area contributed by atoms with E-state index in [1.54, 1.807) is 11.3 Å². The van der Waals surface area contributed by atoms with E-state index in [2.05, 4.69) is 66.5 Å². The Kier molecular flexibility index (Phi) is 5.90. The molecule has 4 rings (SSSR count). The minimum absolute atomic E-state index is 0.278. The molecule has 3 heterocycles. The largest absolute Gasteiger partial charge is 0.377 e. The highest BCUT2D eigenvalue weighted by Gasteiger charge is 2.25. The van der Waals surface area contributed by atoms with Crippen LogP contribution in [0.5, 0.6) is 0 Å². The van der Waals surface area contributed by atoms with Crippen molar-refractivity contribution in [3.63, 3.8) is 0 Å².